The maximum Gasteiger partial charge on any atom is 0.106 e. The summed E-state index contributed by atoms with van der Waals surface area (Å²) >= 11 is 0. The zero-order chi connectivity index (χ0) is 11.7. The van der Waals surface area contributed by atoms with Crippen LogP contribution < -0.4 is 0 Å². The van der Waals surface area contributed by atoms with Crippen LogP contribution in [0.1, 0.15) is 20.3 Å². The fourth-order valence-corrected chi connectivity index (χ4v) is 1.29. The molecular weight excluding hydrogens is 180 g/mol. The molecule has 14 heavy (non-hydrogen) atoms. The molecule has 4 atom stereocenters. The van der Waals surface area contributed by atoms with Crippen LogP contribution in [0, 0.1) is 0 Å². The molecule has 0 saturated carbocycles. The molecule has 1 aliphatic rings. The summed E-state index contributed by atoms with van der Waals surface area (Å²) in [5, 5.41) is 18.4. The molecule has 1 rings (SSSR count). The first kappa shape index (κ1) is 15.8. The van der Waals surface area contributed by atoms with Crippen LogP contribution in [0.5, 0.6) is 0 Å². The SMILES string of the molecule is C=C.C=C.CC1O[C@H](C)CC(O)C1O. The normalized spacial score (nSPS) is 35.7. The van der Waals surface area contributed by atoms with Crippen molar-refractivity contribution >= 4 is 0 Å². The van der Waals surface area contributed by atoms with Gasteiger partial charge in [-0.15, -0.1) is 26.3 Å². The van der Waals surface area contributed by atoms with Crippen LogP contribution >= 0.6 is 0 Å². The van der Waals surface area contributed by atoms with Crippen molar-refractivity contribution in [2.75, 3.05) is 0 Å². The first-order valence-corrected chi connectivity index (χ1v) is 4.63. The van der Waals surface area contributed by atoms with Gasteiger partial charge in [-0.25, -0.2) is 0 Å². The number of hydrogen-bond acceptors (Lipinski definition) is 3. The van der Waals surface area contributed by atoms with Crippen LogP contribution in [0.25, 0.3) is 0 Å². The van der Waals surface area contributed by atoms with Gasteiger partial charge in [0.2, 0.25) is 0 Å². The summed E-state index contributed by atoms with van der Waals surface area (Å²) in [4.78, 5) is 0. The Labute approximate surface area is 86.7 Å². The van der Waals surface area contributed by atoms with Crippen LogP contribution in [-0.4, -0.2) is 34.6 Å². The van der Waals surface area contributed by atoms with E-state index in [-0.39, 0.29) is 12.2 Å². The van der Waals surface area contributed by atoms with Gasteiger partial charge in [-0.1, -0.05) is 0 Å². The minimum absolute atomic E-state index is 0.0633. The summed E-state index contributed by atoms with van der Waals surface area (Å²) in [5.74, 6) is 0. The van der Waals surface area contributed by atoms with E-state index in [0.29, 0.717) is 6.42 Å². The van der Waals surface area contributed by atoms with E-state index < -0.39 is 12.2 Å². The average molecular weight is 202 g/mol. The molecule has 3 nitrogen and oxygen atoms in total. The van der Waals surface area contributed by atoms with Crippen molar-refractivity contribution < 1.29 is 14.9 Å². The molecule has 1 fully saturated rings. The Morgan fingerprint density at radius 3 is 1.86 bits per heavy atom. The van der Waals surface area contributed by atoms with E-state index >= 15 is 0 Å². The van der Waals surface area contributed by atoms with Gasteiger partial charge in [-0.2, -0.15) is 0 Å². The predicted molar refractivity (Wildman–Crippen MR) is 59.1 cm³/mol. The minimum Gasteiger partial charge on any atom is -0.390 e. The van der Waals surface area contributed by atoms with Gasteiger partial charge in [0, 0.05) is 6.42 Å². The van der Waals surface area contributed by atoms with Gasteiger partial charge in [-0.3, -0.25) is 0 Å². The monoisotopic (exact) mass is 202 g/mol. The molecule has 0 bridgehead atoms. The average Bonchev–Trinajstić information content (AvgIpc) is 2.20. The molecule has 3 unspecified atom stereocenters. The van der Waals surface area contributed by atoms with Gasteiger partial charge < -0.3 is 14.9 Å². The maximum absolute atomic E-state index is 9.19. The van der Waals surface area contributed by atoms with E-state index in [2.05, 4.69) is 26.3 Å². The number of ether oxygens (including phenoxy) is 1. The van der Waals surface area contributed by atoms with Crippen LogP contribution in [0.15, 0.2) is 26.3 Å². The summed E-state index contributed by atoms with van der Waals surface area (Å²) in [6, 6.07) is 0. The molecule has 1 saturated heterocycles. The third-order valence-corrected chi connectivity index (χ3v) is 1.90. The van der Waals surface area contributed by atoms with Crippen molar-refractivity contribution in [3.8, 4) is 0 Å². The van der Waals surface area contributed by atoms with Crippen molar-refractivity contribution in [1.82, 2.24) is 0 Å². The molecule has 0 amide bonds. The van der Waals surface area contributed by atoms with Crippen LogP contribution in [0.2, 0.25) is 0 Å². The number of aliphatic hydroxyl groups excluding tert-OH is 2. The number of aliphatic hydroxyl groups is 2. The van der Waals surface area contributed by atoms with E-state index in [1.807, 2.05) is 6.92 Å². The highest BCUT2D eigenvalue weighted by molar-refractivity contribution is 4.80. The van der Waals surface area contributed by atoms with Gasteiger partial charge in [-0.05, 0) is 13.8 Å². The van der Waals surface area contributed by atoms with Crippen LogP contribution in [-0.2, 0) is 4.74 Å². The van der Waals surface area contributed by atoms with E-state index in [9.17, 15) is 10.2 Å². The Morgan fingerprint density at radius 1 is 1.07 bits per heavy atom. The smallest absolute Gasteiger partial charge is 0.106 e. The number of hydrogen-bond donors (Lipinski definition) is 2. The van der Waals surface area contributed by atoms with Gasteiger partial charge in [0.15, 0.2) is 0 Å². The predicted octanol–water partition coefficient (Wildman–Crippen LogP) is 1.51. The largest absolute Gasteiger partial charge is 0.390 e. The Bertz CT molecular complexity index is 124. The number of rotatable bonds is 0. The van der Waals surface area contributed by atoms with Gasteiger partial charge >= 0.3 is 0 Å². The van der Waals surface area contributed by atoms with Crippen molar-refractivity contribution in [3.05, 3.63) is 26.3 Å². The van der Waals surface area contributed by atoms with Crippen molar-refractivity contribution in [2.45, 2.75) is 44.7 Å². The van der Waals surface area contributed by atoms with Gasteiger partial charge in [0.05, 0.1) is 18.3 Å². The highest BCUT2D eigenvalue weighted by Gasteiger charge is 2.31. The van der Waals surface area contributed by atoms with Gasteiger partial charge in [0.25, 0.3) is 0 Å². The molecular formula is C11H22O3. The standard InChI is InChI=1S/C7H14O3.2C2H4/c1-4-3-6(8)7(9)5(2)10-4;2*1-2/h4-9H,3H2,1-2H3;2*1-2H2/t4-,5?,6?,7?;;/m1../s1. The first-order chi connectivity index (χ1) is 6.61. The summed E-state index contributed by atoms with van der Waals surface area (Å²) in [6.45, 7) is 15.7. The molecule has 0 spiro atoms. The summed E-state index contributed by atoms with van der Waals surface area (Å²) in [6.07, 6.45) is -0.965. The summed E-state index contributed by atoms with van der Waals surface area (Å²) in [5.41, 5.74) is 0. The molecule has 0 aliphatic carbocycles. The Morgan fingerprint density at radius 2 is 1.50 bits per heavy atom. The molecule has 0 aromatic rings. The minimum atomic E-state index is -0.712. The Balaban J connectivity index is 0. The van der Waals surface area contributed by atoms with E-state index in [1.165, 1.54) is 0 Å². The fourth-order valence-electron chi connectivity index (χ4n) is 1.29. The molecule has 1 heterocycles. The van der Waals surface area contributed by atoms with Crippen molar-refractivity contribution in [1.29, 1.82) is 0 Å². The molecule has 1 aliphatic heterocycles. The highest BCUT2D eigenvalue weighted by atomic mass is 16.5. The summed E-state index contributed by atoms with van der Waals surface area (Å²) < 4.78 is 5.26. The Kier molecular flexibility index (Phi) is 10.1. The van der Waals surface area contributed by atoms with Crippen LogP contribution in [0.4, 0.5) is 0 Å². The third kappa shape index (κ3) is 5.17. The van der Waals surface area contributed by atoms with E-state index in [0.717, 1.165) is 0 Å². The molecule has 0 aromatic carbocycles. The lowest BCUT2D eigenvalue weighted by molar-refractivity contribution is -0.156. The third-order valence-electron chi connectivity index (χ3n) is 1.90. The molecule has 0 radical (unpaired) electrons. The quantitative estimate of drug-likeness (QED) is 0.585. The second-order valence-corrected chi connectivity index (χ2v) is 2.95. The molecule has 84 valence electrons. The zero-order valence-corrected chi connectivity index (χ0v) is 9.15. The van der Waals surface area contributed by atoms with E-state index in [1.54, 1.807) is 6.92 Å². The first-order valence-electron chi connectivity index (χ1n) is 4.63. The lowest BCUT2D eigenvalue weighted by atomic mass is 10.00. The second-order valence-electron chi connectivity index (χ2n) is 2.95. The maximum atomic E-state index is 9.19. The molecule has 3 heteroatoms. The molecule has 0 aromatic heterocycles. The van der Waals surface area contributed by atoms with Crippen molar-refractivity contribution in [2.24, 2.45) is 0 Å². The zero-order valence-electron chi connectivity index (χ0n) is 9.15. The lowest BCUT2D eigenvalue weighted by Crippen LogP contribution is -2.45. The molecule has 2 N–H and O–H groups in total. The van der Waals surface area contributed by atoms with Crippen LogP contribution in [0.3, 0.4) is 0 Å². The fraction of sp³-hybridized carbons (Fsp3) is 0.636. The van der Waals surface area contributed by atoms with Gasteiger partial charge in [0.1, 0.15) is 6.10 Å². The topological polar surface area (TPSA) is 49.7 Å². The lowest BCUT2D eigenvalue weighted by Gasteiger charge is -2.33. The summed E-state index contributed by atoms with van der Waals surface area (Å²) in [7, 11) is 0. The highest BCUT2D eigenvalue weighted by Crippen LogP contribution is 2.19. The van der Waals surface area contributed by atoms with Crippen molar-refractivity contribution in [3.63, 3.8) is 0 Å². The Hall–Kier alpha value is -0.640. The van der Waals surface area contributed by atoms with E-state index in [4.69, 9.17) is 4.74 Å². The second kappa shape index (κ2) is 8.94.